The molecule has 0 fully saturated rings. The minimum atomic E-state index is 0.504. The first-order valence-corrected chi connectivity index (χ1v) is 5.84. The van der Waals surface area contributed by atoms with Gasteiger partial charge in [-0.3, -0.25) is 4.98 Å². The fraction of sp³-hybridized carbons (Fsp3) is 0. The smallest absolute Gasteiger partial charge is 0.130 e. The van der Waals surface area contributed by atoms with Crippen molar-refractivity contribution in [2.24, 2.45) is 0 Å². The minimum Gasteiger partial charge on any atom is -0.339 e. The lowest BCUT2D eigenvalue weighted by Gasteiger charge is -2.10. The van der Waals surface area contributed by atoms with Crippen molar-refractivity contribution in [3.05, 3.63) is 60.4 Å². The standard InChI is InChI=1S/C15H10N4/c16-9-11-10-18-13-6-2-1-5-12(13)15(11)19-14-7-3-4-8-17-14/h1-8,10H,(H,17,18,19). The van der Waals surface area contributed by atoms with E-state index in [0.29, 0.717) is 11.4 Å². The van der Waals surface area contributed by atoms with Gasteiger partial charge in [0.1, 0.15) is 11.9 Å². The van der Waals surface area contributed by atoms with Crippen molar-refractivity contribution in [3.63, 3.8) is 0 Å². The summed E-state index contributed by atoms with van der Waals surface area (Å²) in [6.45, 7) is 0. The summed E-state index contributed by atoms with van der Waals surface area (Å²) < 4.78 is 0. The van der Waals surface area contributed by atoms with Crippen molar-refractivity contribution in [3.8, 4) is 6.07 Å². The molecule has 90 valence electrons. The number of hydrogen-bond acceptors (Lipinski definition) is 4. The van der Waals surface area contributed by atoms with E-state index in [1.54, 1.807) is 12.4 Å². The lowest BCUT2D eigenvalue weighted by atomic mass is 10.1. The highest BCUT2D eigenvalue weighted by molar-refractivity contribution is 5.95. The fourth-order valence-corrected chi connectivity index (χ4v) is 1.93. The van der Waals surface area contributed by atoms with Crippen LogP contribution in [0.5, 0.6) is 0 Å². The molecule has 0 spiro atoms. The van der Waals surface area contributed by atoms with Crippen LogP contribution in [0.4, 0.5) is 11.5 Å². The second-order valence-corrected chi connectivity index (χ2v) is 4.02. The molecule has 0 atom stereocenters. The largest absolute Gasteiger partial charge is 0.339 e. The molecule has 0 bridgehead atoms. The summed E-state index contributed by atoms with van der Waals surface area (Å²) in [5.41, 5.74) is 2.09. The van der Waals surface area contributed by atoms with Gasteiger partial charge in [0.15, 0.2) is 0 Å². The second kappa shape index (κ2) is 4.75. The third-order valence-electron chi connectivity index (χ3n) is 2.81. The Kier molecular flexibility index (Phi) is 2.79. The molecule has 0 radical (unpaired) electrons. The van der Waals surface area contributed by atoms with Gasteiger partial charge in [0.25, 0.3) is 0 Å². The van der Waals surface area contributed by atoms with E-state index in [-0.39, 0.29) is 0 Å². The van der Waals surface area contributed by atoms with Crippen molar-refractivity contribution in [1.29, 1.82) is 5.26 Å². The van der Waals surface area contributed by atoms with Gasteiger partial charge in [0.2, 0.25) is 0 Å². The summed E-state index contributed by atoms with van der Waals surface area (Å²) in [4.78, 5) is 8.49. The lowest BCUT2D eigenvalue weighted by Crippen LogP contribution is -1.97. The van der Waals surface area contributed by atoms with Crippen LogP contribution >= 0.6 is 0 Å². The van der Waals surface area contributed by atoms with Gasteiger partial charge in [-0.2, -0.15) is 5.26 Å². The predicted octanol–water partition coefficient (Wildman–Crippen LogP) is 3.25. The highest BCUT2D eigenvalue weighted by Crippen LogP contribution is 2.27. The van der Waals surface area contributed by atoms with E-state index in [1.165, 1.54) is 0 Å². The number of fused-ring (bicyclic) bond motifs is 1. The molecule has 0 aliphatic carbocycles. The molecule has 4 nitrogen and oxygen atoms in total. The molecular formula is C15H10N4. The van der Waals surface area contributed by atoms with Crippen molar-refractivity contribution >= 4 is 22.4 Å². The topological polar surface area (TPSA) is 61.6 Å². The average molecular weight is 246 g/mol. The molecule has 1 N–H and O–H groups in total. The molecule has 0 aliphatic heterocycles. The van der Waals surface area contributed by atoms with Crippen LogP contribution < -0.4 is 5.32 Å². The van der Waals surface area contributed by atoms with Crippen LogP contribution in [-0.2, 0) is 0 Å². The van der Waals surface area contributed by atoms with Crippen LogP contribution in [0.3, 0.4) is 0 Å². The number of hydrogen-bond donors (Lipinski definition) is 1. The maximum atomic E-state index is 9.21. The minimum absolute atomic E-state index is 0.504. The Labute approximate surface area is 110 Å². The molecule has 0 amide bonds. The summed E-state index contributed by atoms with van der Waals surface area (Å²) in [6, 6.07) is 15.5. The molecule has 2 heterocycles. The van der Waals surface area contributed by atoms with Gasteiger partial charge in [-0.15, -0.1) is 0 Å². The number of nitrogens with zero attached hydrogens (tertiary/aromatic N) is 3. The van der Waals surface area contributed by atoms with Gasteiger partial charge < -0.3 is 5.32 Å². The van der Waals surface area contributed by atoms with E-state index in [1.807, 2.05) is 42.5 Å². The summed E-state index contributed by atoms with van der Waals surface area (Å²) in [7, 11) is 0. The Hall–Kier alpha value is -2.93. The van der Waals surface area contributed by atoms with Gasteiger partial charge >= 0.3 is 0 Å². The molecule has 0 saturated carbocycles. The highest BCUT2D eigenvalue weighted by atomic mass is 15.0. The molecule has 1 aromatic carbocycles. The van der Waals surface area contributed by atoms with Gasteiger partial charge in [0, 0.05) is 17.8 Å². The first kappa shape index (κ1) is 11.2. The summed E-state index contributed by atoms with van der Waals surface area (Å²) >= 11 is 0. The van der Waals surface area contributed by atoms with Crippen LogP contribution in [0.2, 0.25) is 0 Å². The summed E-state index contributed by atoms with van der Waals surface area (Å²) in [5, 5.41) is 13.3. The number of nitriles is 1. The van der Waals surface area contributed by atoms with E-state index in [0.717, 1.165) is 16.6 Å². The number of rotatable bonds is 2. The SMILES string of the molecule is N#Cc1cnc2ccccc2c1Nc1ccccn1. The Morgan fingerprint density at radius 3 is 2.63 bits per heavy atom. The van der Waals surface area contributed by atoms with Gasteiger partial charge in [-0.05, 0) is 18.2 Å². The van der Waals surface area contributed by atoms with Crippen LogP contribution in [-0.4, -0.2) is 9.97 Å². The van der Waals surface area contributed by atoms with E-state index >= 15 is 0 Å². The normalized spacial score (nSPS) is 10.1. The Morgan fingerprint density at radius 2 is 1.84 bits per heavy atom. The fourth-order valence-electron chi connectivity index (χ4n) is 1.93. The van der Waals surface area contributed by atoms with Gasteiger partial charge in [0.05, 0.1) is 16.8 Å². The zero-order chi connectivity index (χ0) is 13.1. The maximum absolute atomic E-state index is 9.21. The van der Waals surface area contributed by atoms with E-state index < -0.39 is 0 Å². The average Bonchev–Trinajstić information content (AvgIpc) is 2.49. The first-order valence-electron chi connectivity index (χ1n) is 5.84. The van der Waals surface area contributed by atoms with Crippen LogP contribution in [0.1, 0.15) is 5.56 Å². The number of nitrogens with one attached hydrogen (secondary N) is 1. The van der Waals surface area contributed by atoms with Crippen molar-refractivity contribution < 1.29 is 0 Å². The Balaban J connectivity index is 2.18. The third kappa shape index (κ3) is 2.09. The van der Waals surface area contributed by atoms with Crippen molar-refractivity contribution in [2.75, 3.05) is 5.32 Å². The number of anilines is 2. The zero-order valence-corrected chi connectivity index (χ0v) is 10.0. The Bertz CT molecular complexity index is 760. The number of pyridine rings is 2. The van der Waals surface area contributed by atoms with Crippen LogP contribution in [0.15, 0.2) is 54.9 Å². The molecular weight excluding hydrogens is 236 g/mol. The lowest BCUT2D eigenvalue weighted by molar-refractivity contribution is 1.30. The molecule has 4 heteroatoms. The number of benzene rings is 1. The predicted molar refractivity (Wildman–Crippen MR) is 74.0 cm³/mol. The molecule has 3 rings (SSSR count). The van der Waals surface area contributed by atoms with Crippen molar-refractivity contribution in [2.45, 2.75) is 0 Å². The molecule has 0 aliphatic rings. The third-order valence-corrected chi connectivity index (χ3v) is 2.81. The second-order valence-electron chi connectivity index (χ2n) is 4.02. The Morgan fingerprint density at radius 1 is 1.00 bits per heavy atom. The number of para-hydroxylation sites is 1. The maximum Gasteiger partial charge on any atom is 0.130 e. The van der Waals surface area contributed by atoms with Gasteiger partial charge in [-0.25, -0.2) is 4.98 Å². The molecule has 0 unspecified atom stereocenters. The zero-order valence-electron chi connectivity index (χ0n) is 10.0. The molecule has 3 aromatic rings. The van der Waals surface area contributed by atoms with Crippen molar-refractivity contribution in [1.82, 2.24) is 9.97 Å². The molecule has 2 aromatic heterocycles. The van der Waals surface area contributed by atoms with E-state index in [9.17, 15) is 5.26 Å². The molecule has 19 heavy (non-hydrogen) atoms. The summed E-state index contributed by atoms with van der Waals surface area (Å²) in [6.07, 6.45) is 3.28. The summed E-state index contributed by atoms with van der Waals surface area (Å²) in [5.74, 6) is 0.704. The van der Waals surface area contributed by atoms with Gasteiger partial charge in [-0.1, -0.05) is 24.3 Å². The van der Waals surface area contributed by atoms with E-state index in [4.69, 9.17) is 0 Å². The monoisotopic (exact) mass is 246 g/mol. The first-order chi connectivity index (χ1) is 9.38. The number of aromatic nitrogens is 2. The quantitative estimate of drug-likeness (QED) is 0.754. The van der Waals surface area contributed by atoms with E-state index in [2.05, 4.69) is 21.4 Å². The molecule has 0 saturated heterocycles. The van der Waals surface area contributed by atoms with Crippen LogP contribution in [0.25, 0.3) is 10.9 Å². The highest BCUT2D eigenvalue weighted by Gasteiger charge is 2.08. The van der Waals surface area contributed by atoms with Crippen LogP contribution in [0, 0.1) is 11.3 Å².